The van der Waals surface area contributed by atoms with Crippen LogP contribution in [0.3, 0.4) is 0 Å². The fraction of sp³-hybridized carbons (Fsp3) is 0.417. The second kappa shape index (κ2) is 5.59. The molecule has 0 bridgehead atoms. The Morgan fingerprint density at radius 2 is 2.22 bits per heavy atom. The topological polar surface area (TPSA) is 78.9 Å². The third-order valence-electron chi connectivity index (χ3n) is 2.54. The molecule has 0 aliphatic rings. The lowest BCUT2D eigenvalue weighted by molar-refractivity contribution is 0.292. The normalized spacial score (nSPS) is 10.6. The van der Waals surface area contributed by atoms with E-state index in [0.717, 1.165) is 17.7 Å². The van der Waals surface area contributed by atoms with Crippen molar-refractivity contribution in [2.45, 2.75) is 20.0 Å². The maximum atomic E-state index is 5.71. The summed E-state index contributed by atoms with van der Waals surface area (Å²) >= 11 is 0. The zero-order valence-electron chi connectivity index (χ0n) is 10.6. The molecular formula is C12H17N5O. The number of ether oxygens (including phenoxy) is 1. The molecule has 1 heterocycles. The van der Waals surface area contributed by atoms with Crippen LogP contribution in [0.4, 0.5) is 0 Å². The second-order valence-corrected chi connectivity index (χ2v) is 4.13. The molecule has 0 saturated heterocycles. The molecule has 0 aliphatic carbocycles. The largest absolute Gasteiger partial charge is 0.485 e. The molecule has 2 aromatic rings. The van der Waals surface area contributed by atoms with Crippen LogP contribution in [0.5, 0.6) is 5.75 Å². The molecule has 6 heteroatoms. The summed E-state index contributed by atoms with van der Waals surface area (Å²) in [6, 6.07) is 6.06. The summed E-state index contributed by atoms with van der Waals surface area (Å²) in [4.78, 5) is 1.41. The highest BCUT2D eigenvalue weighted by molar-refractivity contribution is 5.37. The van der Waals surface area contributed by atoms with Crippen molar-refractivity contribution in [2.24, 2.45) is 12.8 Å². The van der Waals surface area contributed by atoms with Crippen molar-refractivity contribution in [1.82, 2.24) is 20.2 Å². The Hall–Kier alpha value is -1.95. The van der Waals surface area contributed by atoms with Gasteiger partial charge in [0.25, 0.3) is 0 Å². The number of tetrazole rings is 1. The molecule has 0 aliphatic heterocycles. The number of rotatable bonds is 5. The van der Waals surface area contributed by atoms with E-state index in [4.69, 9.17) is 10.5 Å². The van der Waals surface area contributed by atoms with Crippen LogP contribution in [0.1, 0.15) is 17.0 Å². The molecule has 96 valence electrons. The van der Waals surface area contributed by atoms with E-state index in [1.807, 2.05) is 19.1 Å². The number of aromatic nitrogens is 4. The minimum absolute atomic E-state index is 0.314. The van der Waals surface area contributed by atoms with Gasteiger partial charge in [-0.25, -0.2) is 0 Å². The Morgan fingerprint density at radius 1 is 1.39 bits per heavy atom. The van der Waals surface area contributed by atoms with E-state index in [0.29, 0.717) is 19.0 Å². The minimum atomic E-state index is 0.314. The monoisotopic (exact) mass is 247 g/mol. The van der Waals surface area contributed by atoms with E-state index >= 15 is 0 Å². The van der Waals surface area contributed by atoms with E-state index in [-0.39, 0.29) is 0 Å². The summed E-state index contributed by atoms with van der Waals surface area (Å²) in [6.45, 7) is 2.96. The van der Waals surface area contributed by atoms with Gasteiger partial charge in [-0.1, -0.05) is 17.7 Å². The first-order valence-corrected chi connectivity index (χ1v) is 5.84. The first-order valence-electron chi connectivity index (χ1n) is 5.84. The van der Waals surface area contributed by atoms with Gasteiger partial charge in [0.05, 0.1) is 7.05 Å². The Labute approximate surface area is 106 Å². The number of hydrogen-bond donors (Lipinski definition) is 1. The summed E-state index contributed by atoms with van der Waals surface area (Å²) < 4.78 is 5.71. The van der Waals surface area contributed by atoms with Crippen LogP contribution in [0.15, 0.2) is 18.2 Å². The van der Waals surface area contributed by atoms with Crippen LogP contribution in [0.2, 0.25) is 0 Å². The van der Waals surface area contributed by atoms with Crippen molar-refractivity contribution in [3.8, 4) is 5.75 Å². The van der Waals surface area contributed by atoms with Gasteiger partial charge in [0.2, 0.25) is 5.82 Å². The van der Waals surface area contributed by atoms with Gasteiger partial charge in [-0.2, -0.15) is 4.80 Å². The molecule has 0 amide bonds. The highest BCUT2D eigenvalue weighted by Crippen LogP contribution is 2.21. The molecule has 2 N–H and O–H groups in total. The smallest absolute Gasteiger partial charge is 0.212 e. The molecule has 0 unspecified atom stereocenters. The highest BCUT2D eigenvalue weighted by atomic mass is 16.5. The van der Waals surface area contributed by atoms with Crippen LogP contribution >= 0.6 is 0 Å². The third kappa shape index (κ3) is 3.04. The molecule has 0 atom stereocenters. The molecule has 1 aromatic carbocycles. The fourth-order valence-electron chi connectivity index (χ4n) is 1.72. The van der Waals surface area contributed by atoms with Gasteiger partial charge >= 0.3 is 0 Å². The lowest BCUT2D eigenvalue weighted by Crippen LogP contribution is -2.06. The van der Waals surface area contributed by atoms with Crippen molar-refractivity contribution in [3.05, 3.63) is 35.2 Å². The van der Waals surface area contributed by atoms with E-state index in [1.165, 1.54) is 10.4 Å². The highest BCUT2D eigenvalue weighted by Gasteiger charge is 2.06. The van der Waals surface area contributed by atoms with Crippen LogP contribution in [-0.2, 0) is 20.1 Å². The Balaban J connectivity index is 2.08. The van der Waals surface area contributed by atoms with Gasteiger partial charge in [-0.15, -0.1) is 10.2 Å². The fourth-order valence-corrected chi connectivity index (χ4v) is 1.72. The van der Waals surface area contributed by atoms with Crippen LogP contribution < -0.4 is 10.5 Å². The predicted octanol–water partition coefficient (Wildman–Crippen LogP) is 0.599. The Bertz CT molecular complexity index is 523. The van der Waals surface area contributed by atoms with Gasteiger partial charge < -0.3 is 10.5 Å². The molecule has 18 heavy (non-hydrogen) atoms. The van der Waals surface area contributed by atoms with Crippen LogP contribution in [-0.4, -0.2) is 26.8 Å². The van der Waals surface area contributed by atoms with Gasteiger partial charge in [0.1, 0.15) is 5.75 Å². The number of nitrogens with two attached hydrogens (primary N) is 1. The maximum Gasteiger partial charge on any atom is 0.212 e. The average Bonchev–Trinajstić information content (AvgIpc) is 2.75. The van der Waals surface area contributed by atoms with Crippen molar-refractivity contribution in [1.29, 1.82) is 0 Å². The van der Waals surface area contributed by atoms with Crippen molar-refractivity contribution in [3.63, 3.8) is 0 Å². The van der Waals surface area contributed by atoms with E-state index < -0.39 is 0 Å². The molecule has 0 saturated carbocycles. The van der Waals surface area contributed by atoms with Crippen molar-refractivity contribution >= 4 is 0 Å². The van der Waals surface area contributed by atoms with E-state index in [1.54, 1.807) is 7.05 Å². The predicted molar refractivity (Wildman–Crippen MR) is 67.1 cm³/mol. The van der Waals surface area contributed by atoms with E-state index in [2.05, 4.69) is 21.5 Å². The zero-order valence-corrected chi connectivity index (χ0v) is 10.6. The molecule has 6 nitrogen and oxygen atoms in total. The molecular weight excluding hydrogens is 230 g/mol. The van der Waals surface area contributed by atoms with Gasteiger partial charge in [-0.05, 0) is 36.7 Å². The summed E-state index contributed by atoms with van der Waals surface area (Å²) in [5.41, 5.74) is 7.91. The van der Waals surface area contributed by atoms with Gasteiger partial charge in [0.15, 0.2) is 6.61 Å². The summed E-state index contributed by atoms with van der Waals surface area (Å²) in [5.74, 6) is 1.40. The summed E-state index contributed by atoms with van der Waals surface area (Å²) in [5, 5.41) is 11.7. The van der Waals surface area contributed by atoms with Crippen molar-refractivity contribution < 1.29 is 4.74 Å². The molecule has 0 radical (unpaired) electrons. The Morgan fingerprint density at radius 3 is 2.89 bits per heavy atom. The summed E-state index contributed by atoms with van der Waals surface area (Å²) in [7, 11) is 1.72. The lowest BCUT2D eigenvalue weighted by atomic mass is 10.1. The number of aryl methyl sites for hydroxylation is 2. The maximum absolute atomic E-state index is 5.71. The molecule has 0 spiro atoms. The quantitative estimate of drug-likeness (QED) is 0.837. The zero-order chi connectivity index (χ0) is 13.0. The number of nitrogens with zero attached hydrogens (tertiary/aromatic N) is 4. The molecule has 2 rings (SSSR count). The first kappa shape index (κ1) is 12.5. The lowest BCUT2D eigenvalue weighted by Gasteiger charge is -2.10. The molecule has 1 aromatic heterocycles. The van der Waals surface area contributed by atoms with Gasteiger partial charge in [0, 0.05) is 0 Å². The van der Waals surface area contributed by atoms with Gasteiger partial charge in [-0.3, -0.25) is 0 Å². The summed E-state index contributed by atoms with van der Waals surface area (Å²) in [6.07, 6.45) is 0.797. The second-order valence-electron chi connectivity index (χ2n) is 4.13. The van der Waals surface area contributed by atoms with Crippen LogP contribution in [0.25, 0.3) is 0 Å². The van der Waals surface area contributed by atoms with Crippen molar-refractivity contribution in [2.75, 3.05) is 6.54 Å². The standard InChI is InChI=1S/C12H17N5O/c1-9-3-4-11(10(7-9)5-6-13)18-8-12-14-16-17(2)15-12/h3-4,7H,5-6,8,13H2,1-2H3. The first-order chi connectivity index (χ1) is 8.69. The molecule has 0 fully saturated rings. The average molecular weight is 247 g/mol. The third-order valence-corrected chi connectivity index (χ3v) is 2.54. The number of benzene rings is 1. The Kier molecular flexibility index (Phi) is 3.88. The SMILES string of the molecule is Cc1ccc(OCc2nnn(C)n2)c(CCN)c1. The number of hydrogen-bond acceptors (Lipinski definition) is 5. The minimum Gasteiger partial charge on any atom is -0.485 e. The van der Waals surface area contributed by atoms with E-state index in [9.17, 15) is 0 Å². The van der Waals surface area contributed by atoms with Crippen LogP contribution in [0, 0.1) is 6.92 Å².